The van der Waals surface area contributed by atoms with Crippen molar-refractivity contribution in [3.05, 3.63) is 48.3 Å². The molecule has 0 atom stereocenters. The Morgan fingerprint density at radius 3 is 2.58 bits per heavy atom. The van der Waals surface area contributed by atoms with Gasteiger partial charge in [0.2, 0.25) is 0 Å². The van der Waals surface area contributed by atoms with Crippen LogP contribution in [0.3, 0.4) is 0 Å². The zero-order valence-corrected chi connectivity index (χ0v) is 12.4. The Balaban J connectivity index is 2.05. The van der Waals surface area contributed by atoms with Gasteiger partial charge in [0, 0.05) is 18.0 Å². The standard InChI is InChI=1S/C15H19N3S/c1-15(2,12-7-5-4-6-8-12)10-16-13-9-14(19-3)18-11-17-13/h4-9,11H,10H2,1-3H3,(H,16,17,18). The van der Waals surface area contributed by atoms with Gasteiger partial charge in [-0.2, -0.15) is 0 Å². The van der Waals surface area contributed by atoms with Gasteiger partial charge in [-0.15, -0.1) is 11.8 Å². The summed E-state index contributed by atoms with van der Waals surface area (Å²) in [5, 5.41) is 4.38. The predicted molar refractivity (Wildman–Crippen MR) is 81.8 cm³/mol. The molecule has 0 radical (unpaired) electrons. The lowest BCUT2D eigenvalue weighted by Gasteiger charge is -2.26. The maximum Gasteiger partial charge on any atom is 0.130 e. The van der Waals surface area contributed by atoms with Crippen molar-refractivity contribution in [2.45, 2.75) is 24.3 Å². The minimum atomic E-state index is 0.0612. The van der Waals surface area contributed by atoms with Crippen LogP contribution >= 0.6 is 11.8 Å². The van der Waals surface area contributed by atoms with E-state index in [-0.39, 0.29) is 5.41 Å². The Morgan fingerprint density at radius 1 is 1.16 bits per heavy atom. The number of rotatable bonds is 5. The highest BCUT2D eigenvalue weighted by Crippen LogP contribution is 2.23. The Morgan fingerprint density at radius 2 is 1.89 bits per heavy atom. The van der Waals surface area contributed by atoms with Gasteiger partial charge < -0.3 is 5.32 Å². The van der Waals surface area contributed by atoms with Gasteiger partial charge in [0.25, 0.3) is 0 Å². The van der Waals surface area contributed by atoms with Gasteiger partial charge in [-0.3, -0.25) is 0 Å². The third-order valence-corrected chi connectivity index (χ3v) is 3.76. The first-order valence-electron chi connectivity index (χ1n) is 6.27. The first kappa shape index (κ1) is 13.9. The van der Waals surface area contributed by atoms with Crippen LogP contribution in [0.15, 0.2) is 47.8 Å². The van der Waals surface area contributed by atoms with Crippen molar-refractivity contribution in [1.29, 1.82) is 0 Å². The average Bonchev–Trinajstić information content (AvgIpc) is 2.46. The summed E-state index contributed by atoms with van der Waals surface area (Å²) in [4.78, 5) is 8.42. The second kappa shape index (κ2) is 6.06. The molecule has 2 aromatic rings. The molecule has 0 amide bonds. The second-order valence-corrected chi connectivity index (χ2v) is 5.88. The highest BCUT2D eigenvalue weighted by atomic mass is 32.2. The molecule has 0 aliphatic heterocycles. The molecule has 0 aliphatic rings. The lowest BCUT2D eigenvalue weighted by molar-refractivity contribution is 0.556. The van der Waals surface area contributed by atoms with Crippen molar-refractivity contribution in [2.75, 3.05) is 18.1 Å². The second-order valence-electron chi connectivity index (χ2n) is 5.05. The van der Waals surface area contributed by atoms with Crippen molar-refractivity contribution in [3.63, 3.8) is 0 Å². The number of hydrogen-bond donors (Lipinski definition) is 1. The van der Waals surface area contributed by atoms with Gasteiger partial charge >= 0.3 is 0 Å². The van der Waals surface area contributed by atoms with Crippen LogP contribution in [0, 0.1) is 0 Å². The highest BCUT2D eigenvalue weighted by molar-refractivity contribution is 7.98. The van der Waals surface area contributed by atoms with Gasteiger partial charge in [0.1, 0.15) is 17.2 Å². The lowest BCUT2D eigenvalue weighted by Crippen LogP contribution is -2.27. The number of benzene rings is 1. The van der Waals surface area contributed by atoms with E-state index in [9.17, 15) is 0 Å². The van der Waals surface area contributed by atoms with E-state index in [2.05, 4.69) is 53.4 Å². The molecular formula is C15H19N3S. The zero-order chi connectivity index (χ0) is 13.7. The molecule has 0 bridgehead atoms. The van der Waals surface area contributed by atoms with Gasteiger partial charge in [-0.1, -0.05) is 44.2 Å². The summed E-state index contributed by atoms with van der Waals surface area (Å²) in [6.45, 7) is 5.29. The zero-order valence-electron chi connectivity index (χ0n) is 11.6. The fourth-order valence-electron chi connectivity index (χ4n) is 1.85. The van der Waals surface area contributed by atoms with Gasteiger partial charge in [0.15, 0.2) is 0 Å². The molecule has 0 spiro atoms. The third kappa shape index (κ3) is 3.70. The van der Waals surface area contributed by atoms with Crippen LogP contribution in [0.1, 0.15) is 19.4 Å². The van der Waals surface area contributed by atoms with E-state index in [1.165, 1.54) is 5.56 Å². The number of nitrogens with one attached hydrogen (secondary N) is 1. The molecule has 4 heteroatoms. The number of thioether (sulfide) groups is 1. The molecule has 100 valence electrons. The fraction of sp³-hybridized carbons (Fsp3) is 0.333. The fourth-order valence-corrected chi connectivity index (χ4v) is 2.23. The molecule has 1 heterocycles. The number of aromatic nitrogens is 2. The maximum atomic E-state index is 4.25. The highest BCUT2D eigenvalue weighted by Gasteiger charge is 2.20. The molecule has 1 aromatic carbocycles. The van der Waals surface area contributed by atoms with E-state index in [4.69, 9.17) is 0 Å². The molecule has 0 saturated heterocycles. The van der Waals surface area contributed by atoms with Crippen molar-refractivity contribution < 1.29 is 0 Å². The average molecular weight is 273 g/mol. The van der Waals surface area contributed by atoms with E-state index in [0.717, 1.165) is 17.4 Å². The SMILES string of the molecule is CSc1cc(NCC(C)(C)c2ccccc2)ncn1. The summed E-state index contributed by atoms with van der Waals surface area (Å²) < 4.78 is 0. The van der Waals surface area contributed by atoms with Crippen molar-refractivity contribution in [1.82, 2.24) is 9.97 Å². The lowest BCUT2D eigenvalue weighted by atomic mass is 9.85. The van der Waals surface area contributed by atoms with Crippen molar-refractivity contribution >= 4 is 17.6 Å². The molecular weight excluding hydrogens is 254 g/mol. The molecule has 0 aliphatic carbocycles. The van der Waals surface area contributed by atoms with Crippen LogP contribution in [0.2, 0.25) is 0 Å². The first-order chi connectivity index (χ1) is 9.12. The third-order valence-electron chi connectivity index (χ3n) is 3.12. The smallest absolute Gasteiger partial charge is 0.130 e. The first-order valence-corrected chi connectivity index (χ1v) is 7.50. The Bertz CT molecular complexity index is 526. The molecule has 0 fully saturated rings. The number of nitrogens with zero attached hydrogens (tertiary/aromatic N) is 2. The Kier molecular flexibility index (Phi) is 4.43. The van der Waals surface area contributed by atoms with E-state index in [1.54, 1.807) is 18.1 Å². The molecule has 0 saturated carbocycles. The monoisotopic (exact) mass is 273 g/mol. The minimum Gasteiger partial charge on any atom is -0.369 e. The molecule has 3 nitrogen and oxygen atoms in total. The maximum absolute atomic E-state index is 4.25. The van der Waals surface area contributed by atoms with E-state index in [0.29, 0.717) is 0 Å². The Labute approximate surface area is 118 Å². The van der Waals surface area contributed by atoms with Crippen LogP contribution in [0.5, 0.6) is 0 Å². The Hall–Kier alpha value is -1.55. The van der Waals surface area contributed by atoms with Crippen LogP contribution < -0.4 is 5.32 Å². The summed E-state index contributed by atoms with van der Waals surface area (Å²) in [6.07, 6.45) is 3.61. The summed E-state index contributed by atoms with van der Waals surface area (Å²) in [5.41, 5.74) is 1.38. The summed E-state index contributed by atoms with van der Waals surface area (Å²) in [6, 6.07) is 12.5. The van der Waals surface area contributed by atoms with Gasteiger partial charge in [-0.25, -0.2) is 9.97 Å². The molecule has 2 rings (SSSR count). The number of hydrogen-bond acceptors (Lipinski definition) is 4. The number of anilines is 1. The van der Waals surface area contributed by atoms with Crippen LogP contribution in [-0.4, -0.2) is 22.8 Å². The molecule has 1 N–H and O–H groups in total. The largest absolute Gasteiger partial charge is 0.369 e. The summed E-state index contributed by atoms with van der Waals surface area (Å²) in [7, 11) is 0. The van der Waals surface area contributed by atoms with Gasteiger partial charge in [-0.05, 0) is 11.8 Å². The minimum absolute atomic E-state index is 0.0612. The normalized spacial score (nSPS) is 11.3. The molecule has 1 aromatic heterocycles. The van der Waals surface area contributed by atoms with Gasteiger partial charge in [0.05, 0.1) is 0 Å². The quantitative estimate of drug-likeness (QED) is 0.667. The van der Waals surface area contributed by atoms with Crippen LogP contribution in [-0.2, 0) is 5.41 Å². The van der Waals surface area contributed by atoms with Crippen LogP contribution in [0.25, 0.3) is 0 Å². The van der Waals surface area contributed by atoms with Crippen molar-refractivity contribution in [3.8, 4) is 0 Å². The molecule has 0 unspecified atom stereocenters. The summed E-state index contributed by atoms with van der Waals surface area (Å²) >= 11 is 1.62. The van der Waals surface area contributed by atoms with E-state index >= 15 is 0 Å². The van der Waals surface area contributed by atoms with E-state index < -0.39 is 0 Å². The molecule has 19 heavy (non-hydrogen) atoms. The van der Waals surface area contributed by atoms with Crippen LogP contribution in [0.4, 0.5) is 5.82 Å². The topological polar surface area (TPSA) is 37.8 Å². The van der Waals surface area contributed by atoms with Crippen molar-refractivity contribution in [2.24, 2.45) is 0 Å². The predicted octanol–water partition coefficient (Wildman–Crippen LogP) is 3.59. The van der Waals surface area contributed by atoms with E-state index in [1.807, 2.05) is 18.4 Å². The summed E-state index contributed by atoms with van der Waals surface area (Å²) in [5.74, 6) is 0.878.